The van der Waals surface area contributed by atoms with Crippen LogP contribution in [-0.2, 0) is 11.0 Å². The number of carboxylic acid groups (broad SMARTS) is 1. The Balaban J connectivity index is 3.23. The summed E-state index contributed by atoms with van der Waals surface area (Å²) in [7, 11) is 0. The van der Waals surface area contributed by atoms with Gasteiger partial charge in [-0.1, -0.05) is 13.3 Å². The summed E-state index contributed by atoms with van der Waals surface area (Å²) in [6.07, 6.45) is -2.79. The molecule has 1 unspecified atom stereocenters. The quantitative estimate of drug-likeness (QED) is 0.889. The molecule has 94 valence electrons. The zero-order valence-corrected chi connectivity index (χ0v) is 9.16. The van der Waals surface area contributed by atoms with Crippen molar-refractivity contribution in [2.24, 2.45) is 0 Å². The zero-order valence-electron chi connectivity index (χ0n) is 9.16. The highest BCUT2D eigenvalue weighted by Crippen LogP contribution is 2.35. The van der Waals surface area contributed by atoms with E-state index in [1.807, 2.05) is 0 Å². The largest absolute Gasteiger partial charge is 0.481 e. The molecule has 0 spiro atoms. The lowest BCUT2D eigenvalue weighted by Gasteiger charge is -2.16. The summed E-state index contributed by atoms with van der Waals surface area (Å²) in [5, 5.41) is 8.94. The van der Waals surface area contributed by atoms with Crippen molar-refractivity contribution in [1.29, 1.82) is 0 Å². The van der Waals surface area contributed by atoms with Gasteiger partial charge in [-0.2, -0.15) is 13.2 Å². The van der Waals surface area contributed by atoms with Gasteiger partial charge in [0, 0.05) is 6.20 Å². The second-order valence-corrected chi connectivity index (χ2v) is 3.61. The minimum Gasteiger partial charge on any atom is -0.481 e. The predicted octanol–water partition coefficient (Wildman–Crippen LogP) is 3.07. The molecule has 1 atom stereocenters. The zero-order chi connectivity index (χ0) is 13.1. The first-order valence-electron chi connectivity index (χ1n) is 5.12. The SMILES string of the molecule is CCCC(C(=O)O)c1ncccc1C(F)(F)F. The summed E-state index contributed by atoms with van der Waals surface area (Å²) in [6, 6.07) is 2.01. The van der Waals surface area contributed by atoms with Crippen molar-refractivity contribution in [1.82, 2.24) is 4.98 Å². The summed E-state index contributed by atoms with van der Waals surface area (Å²) < 4.78 is 38.0. The Morgan fingerprint density at radius 1 is 1.53 bits per heavy atom. The maximum atomic E-state index is 12.7. The number of carboxylic acids is 1. The number of nitrogens with zero attached hydrogens (tertiary/aromatic N) is 1. The van der Waals surface area contributed by atoms with E-state index in [4.69, 9.17) is 5.11 Å². The number of carbonyl (C=O) groups is 1. The van der Waals surface area contributed by atoms with E-state index in [1.54, 1.807) is 6.92 Å². The first kappa shape index (κ1) is 13.5. The molecule has 0 aliphatic carbocycles. The number of pyridine rings is 1. The predicted molar refractivity (Wildman–Crippen MR) is 54.5 cm³/mol. The van der Waals surface area contributed by atoms with Crippen LogP contribution in [0.2, 0.25) is 0 Å². The van der Waals surface area contributed by atoms with Crippen LogP contribution in [0.5, 0.6) is 0 Å². The number of hydrogen-bond donors (Lipinski definition) is 1. The minimum absolute atomic E-state index is 0.134. The number of halogens is 3. The van der Waals surface area contributed by atoms with Crippen LogP contribution in [0.15, 0.2) is 18.3 Å². The van der Waals surface area contributed by atoms with Crippen LogP contribution in [-0.4, -0.2) is 16.1 Å². The molecule has 0 fully saturated rings. The number of aliphatic carboxylic acids is 1. The van der Waals surface area contributed by atoms with E-state index in [-0.39, 0.29) is 6.42 Å². The summed E-state index contributed by atoms with van der Waals surface area (Å²) in [5.41, 5.74) is -1.38. The molecule has 0 aromatic carbocycles. The molecule has 0 saturated heterocycles. The van der Waals surface area contributed by atoms with E-state index in [0.29, 0.717) is 6.42 Å². The van der Waals surface area contributed by atoms with Crippen molar-refractivity contribution >= 4 is 5.97 Å². The average molecular weight is 247 g/mol. The monoisotopic (exact) mass is 247 g/mol. The smallest absolute Gasteiger partial charge is 0.418 e. The number of rotatable bonds is 4. The van der Waals surface area contributed by atoms with Crippen molar-refractivity contribution in [3.8, 4) is 0 Å². The molecule has 17 heavy (non-hydrogen) atoms. The second kappa shape index (κ2) is 5.16. The minimum atomic E-state index is -4.58. The van der Waals surface area contributed by atoms with Gasteiger partial charge < -0.3 is 5.11 Å². The lowest BCUT2D eigenvalue weighted by molar-refractivity contribution is -0.142. The molecular weight excluding hydrogens is 235 g/mol. The number of hydrogen-bond acceptors (Lipinski definition) is 2. The van der Waals surface area contributed by atoms with Crippen LogP contribution in [0.25, 0.3) is 0 Å². The molecule has 0 amide bonds. The molecule has 0 aliphatic rings. The molecule has 1 N–H and O–H groups in total. The number of alkyl halides is 3. The van der Waals surface area contributed by atoms with Crippen LogP contribution in [0.4, 0.5) is 13.2 Å². The highest BCUT2D eigenvalue weighted by Gasteiger charge is 2.37. The fraction of sp³-hybridized carbons (Fsp3) is 0.455. The Labute approximate surface area is 96.3 Å². The van der Waals surface area contributed by atoms with Gasteiger partial charge in [0.2, 0.25) is 0 Å². The molecule has 3 nitrogen and oxygen atoms in total. The van der Waals surface area contributed by atoms with E-state index in [1.165, 1.54) is 6.20 Å². The third-order valence-corrected chi connectivity index (χ3v) is 2.35. The molecule has 1 aromatic rings. The average Bonchev–Trinajstić information content (AvgIpc) is 2.24. The fourth-order valence-electron chi connectivity index (χ4n) is 1.60. The Bertz CT molecular complexity index is 404. The van der Waals surface area contributed by atoms with Crippen LogP contribution >= 0.6 is 0 Å². The molecule has 0 aliphatic heterocycles. The Morgan fingerprint density at radius 2 is 2.18 bits per heavy atom. The van der Waals surface area contributed by atoms with Gasteiger partial charge in [0.25, 0.3) is 0 Å². The topological polar surface area (TPSA) is 50.2 Å². The summed E-state index contributed by atoms with van der Waals surface area (Å²) in [5.74, 6) is -2.49. The summed E-state index contributed by atoms with van der Waals surface area (Å²) in [6.45, 7) is 1.71. The van der Waals surface area contributed by atoms with Gasteiger partial charge in [0.15, 0.2) is 0 Å². The van der Waals surface area contributed by atoms with Crippen molar-refractivity contribution in [3.63, 3.8) is 0 Å². The molecule has 0 bridgehead atoms. The van der Waals surface area contributed by atoms with E-state index >= 15 is 0 Å². The van der Waals surface area contributed by atoms with Crippen molar-refractivity contribution in [2.45, 2.75) is 31.9 Å². The molecule has 0 radical (unpaired) electrons. The van der Waals surface area contributed by atoms with E-state index in [0.717, 1.165) is 12.1 Å². The molecule has 1 heterocycles. The summed E-state index contributed by atoms with van der Waals surface area (Å²) >= 11 is 0. The fourth-order valence-corrected chi connectivity index (χ4v) is 1.60. The van der Waals surface area contributed by atoms with E-state index in [9.17, 15) is 18.0 Å². The van der Waals surface area contributed by atoms with E-state index in [2.05, 4.69) is 4.98 Å². The number of aromatic nitrogens is 1. The van der Waals surface area contributed by atoms with E-state index < -0.39 is 29.3 Å². The third-order valence-electron chi connectivity index (χ3n) is 2.35. The van der Waals surface area contributed by atoms with Gasteiger partial charge in [-0.05, 0) is 18.6 Å². The lowest BCUT2D eigenvalue weighted by atomic mass is 9.95. The highest BCUT2D eigenvalue weighted by molar-refractivity contribution is 5.75. The highest BCUT2D eigenvalue weighted by atomic mass is 19.4. The molecule has 1 aromatic heterocycles. The molecule has 0 saturated carbocycles. The van der Waals surface area contributed by atoms with Gasteiger partial charge in [-0.15, -0.1) is 0 Å². The van der Waals surface area contributed by atoms with Gasteiger partial charge in [0.05, 0.1) is 17.2 Å². The maximum absolute atomic E-state index is 12.7. The maximum Gasteiger partial charge on any atom is 0.418 e. The van der Waals surface area contributed by atoms with Crippen LogP contribution < -0.4 is 0 Å². The third kappa shape index (κ3) is 3.18. The van der Waals surface area contributed by atoms with Crippen molar-refractivity contribution in [3.05, 3.63) is 29.6 Å². The summed E-state index contributed by atoms with van der Waals surface area (Å²) in [4.78, 5) is 14.5. The normalized spacial score (nSPS) is 13.4. The molecule has 1 rings (SSSR count). The second-order valence-electron chi connectivity index (χ2n) is 3.61. The lowest BCUT2D eigenvalue weighted by Crippen LogP contribution is -2.19. The standard InChI is InChI=1S/C11H12F3NO2/c1-2-4-7(10(16)17)9-8(11(12,13)14)5-3-6-15-9/h3,5-7H,2,4H2,1H3,(H,16,17). The first-order valence-corrected chi connectivity index (χ1v) is 5.12. The van der Waals surface area contributed by atoms with Gasteiger partial charge >= 0.3 is 12.1 Å². The van der Waals surface area contributed by atoms with Crippen molar-refractivity contribution < 1.29 is 23.1 Å². The van der Waals surface area contributed by atoms with Gasteiger partial charge in [-0.3, -0.25) is 9.78 Å². The van der Waals surface area contributed by atoms with Gasteiger partial charge in [0.1, 0.15) is 0 Å². The van der Waals surface area contributed by atoms with Crippen LogP contribution in [0.1, 0.15) is 36.9 Å². The molecule has 6 heteroatoms. The molecular formula is C11H12F3NO2. The van der Waals surface area contributed by atoms with Crippen LogP contribution in [0.3, 0.4) is 0 Å². The first-order chi connectivity index (χ1) is 7.88. The van der Waals surface area contributed by atoms with Crippen molar-refractivity contribution in [2.75, 3.05) is 0 Å². The Kier molecular flexibility index (Phi) is 4.09. The van der Waals surface area contributed by atoms with Crippen LogP contribution in [0, 0.1) is 0 Å². The van der Waals surface area contributed by atoms with Gasteiger partial charge in [-0.25, -0.2) is 0 Å². The Morgan fingerprint density at radius 3 is 2.65 bits per heavy atom. The Hall–Kier alpha value is -1.59.